The zero-order chi connectivity index (χ0) is 14.5. The predicted molar refractivity (Wildman–Crippen MR) is 66.9 cm³/mol. The fourth-order valence-electron chi connectivity index (χ4n) is 1.54. The molecule has 0 saturated carbocycles. The van der Waals surface area contributed by atoms with Gasteiger partial charge in [-0.3, -0.25) is 9.78 Å². The average molecular weight is 280 g/mol. The number of halogens is 2. The first kappa shape index (κ1) is 13.7. The van der Waals surface area contributed by atoms with Crippen molar-refractivity contribution in [2.75, 3.05) is 5.32 Å². The van der Waals surface area contributed by atoms with Gasteiger partial charge >= 0.3 is 6.61 Å². The molecule has 20 heavy (non-hydrogen) atoms. The number of nitrogens with one attached hydrogen (secondary N) is 1. The fourth-order valence-corrected chi connectivity index (χ4v) is 1.54. The number of carbonyl (C=O) groups excluding carboxylic acids is 1. The van der Waals surface area contributed by atoms with Gasteiger partial charge in [0.15, 0.2) is 0 Å². The van der Waals surface area contributed by atoms with Crippen molar-refractivity contribution in [2.24, 2.45) is 0 Å². The van der Waals surface area contributed by atoms with Crippen LogP contribution in [-0.4, -0.2) is 22.6 Å². The van der Waals surface area contributed by atoms with Crippen LogP contribution in [0.3, 0.4) is 0 Å². The number of alkyl halides is 2. The molecular weight excluding hydrogens is 270 g/mol. The van der Waals surface area contributed by atoms with Gasteiger partial charge in [-0.25, -0.2) is 0 Å². The van der Waals surface area contributed by atoms with Gasteiger partial charge in [-0.1, -0.05) is 12.1 Å². The predicted octanol–water partition coefficient (Wildman–Crippen LogP) is 2.64. The number of rotatable bonds is 4. The summed E-state index contributed by atoms with van der Waals surface area (Å²) in [6.07, 6.45) is 2.44. The number of aromatic nitrogens is 1. The van der Waals surface area contributed by atoms with Crippen LogP contribution >= 0.6 is 0 Å². The lowest BCUT2D eigenvalue weighted by Crippen LogP contribution is -2.14. The molecule has 0 spiro atoms. The molecular formula is C13H10F2N2O3. The Morgan fingerprint density at radius 1 is 1.30 bits per heavy atom. The molecule has 0 radical (unpaired) electrons. The summed E-state index contributed by atoms with van der Waals surface area (Å²) in [5.74, 6) is -1.13. The maximum Gasteiger partial charge on any atom is 0.387 e. The summed E-state index contributed by atoms with van der Waals surface area (Å²) in [4.78, 5) is 15.6. The number of hydrogen-bond acceptors (Lipinski definition) is 4. The van der Waals surface area contributed by atoms with Crippen molar-refractivity contribution in [3.05, 3.63) is 48.3 Å². The molecule has 0 unspecified atom stereocenters. The van der Waals surface area contributed by atoms with Gasteiger partial charge in [0.1, 0.15) is 11.5 Å². The summed E-state index contributed by atoms with van der Waals surface area (Å²) in [6, 6.07) is 7.07. The molecule has 0 aliphatic heterocycles. The highest BCUT2D eigenvalue weighted by Gasteiger charge is 2.14. The largest absolute Gasteiger partial charge is 0.505 e. The Kier molecular flexibility index (Phi) is 4.09. The molecule has 0 atom stereocenters. The second-order valence-corrected chi connectivity index (χ2v) is 3.72. The number of pyridine rings is 1. The maximum atomic E-state index is 12.2. The molecule has 7 heteroatoms. The third kappa shape index (κ3) is 3.19. The molecule has 1 amide bonds. The molecule has 1 aromatic carbocycles. The van der Waals surface area contributed by atoms with Crippen molar-refractivity contribution in [2.45, 2.75) is 6.61 Å². The summed E-state index contributed by atoms with van der Waals surface area (Å²) in [5, 5.41) is 11.9. The highest BCUT2D eigenvalue weighted by atomic mass is 19.3. The molecule has 2 aromatic rings. The van der Waals surface area contributed by atoms with Gasteiger partial charge in [-0.15, -0.1) is 0 Å². The van der Waals surface area contributed by atoms with E-state index in [0.29, 0.717) is 0 Å². The van der Waals surface area contributed by atoms with Gasteiger partial charge < -0.3 is 15.2 Å². The Morgan fingerprint density at radius 3 is 2.75 bits per heavy atom. The number of ether oxygens (including phenoxy) is 1. The van der Waals surface area contributed by atoms with Crippen LogP contribution in [0.2, 0.25) is 0 Å². The normalized spacial score (nSPS) is 10.3. The second kappa shape index (κ2) is 5.96. The number of carbonyl (C=O) groups is 1. The van der Waals surface area contributed by atoms with Gasteiger partial charge in [0.25, 0.3) is 5.91 Å². The van der Waals surface area contributed by atoms with E-state index in [2.05, 4.69) is 15.0 Å². The van der Waals surface area contributed by atoms with Crippen molar-refractivity contribution < 1.29 is 23.4 Å². The molecule has 0 saturated heterocycles. The van der Waals surface area contributed by atoms with Crippen LogP contribution in [0.15, 0.2) is 42.7 Å². The van der Waals surface area contributed by atoms with Crippen molar-refractivity contribution in [1.82, 2.24) is 4.98 Å². The number of hydrogen-bond donors (Lipinski definition) is 2. The van der Waals surface area contributed by atoms with Gasteiger partial charge in [0.2, 0.25) is 0 Å². The third-order valence-electron chi connectivity index (χ3n) is 2.40. The Hall–Kier alpha value is -2.70. The number of para-hydroxylation sites is 2. The first-order valence-corrected chi connectivity index (χ1v) is 5.56. The second-order valence-electron chi connectivity index (χ2n) is 3.72. The number of amides is 1. The van der Waals surface area contributed by atoms with Gasteiger partial charge in [0.05, 0.1) is 17.4 Å². The van der Waals surface area contributed by atoms with Crippen LogP contribution < -0.4 is 10.1 Å². The Labute approximate surface area is 112 Å². The lowest BCUT2D eigenvalue weighted by Gasteiger charge is -2.11. The molecule has 0 bridgehead atoms. The lowest BCUT2D eigenvalue weighted by molar-refractivity contribution is -0.0493. The van der Waals surface area contributed by atoms with Crippen LogP contribution in [0.5, 0.6) is 11.5 Å². The highest BCUT2D eigenvalue weighted by Crippen LogP contribution is 2.26. The van der Waals surface area contributed by atoms with E-state index in [1.165, 1.54) is 30.5 Å². The summed E-state index contributed by atoms with van der Waals surface area (Å²) in [5.41, 5.74) is 0.0564. The topological polar surface area (TPSA) is 71.5 Å². The number of aromatic hydroxyl groups is 1. The molecule has 0 aliphatic carbocycles. The van der Waals surface area contributed by atoms with Crippen molar-refractivity contribution in [3.63, 3.8) is 0 Å². The fraction of sp³-hybridized carbons (Fsp3) is 0.0769. The van der Waals surface area contributed by atoms with Crippen LogP contribution in [-0.2, 0) is 0 Å². The third-order valence-corrected chi connectivity index (χ3v) is 2.40. The Balaban J connectivity index is 2.22. The molecule has 2 rings (SSSR count). The molecule has 104 valence electrons. The quantitative estimate of drug-likeness (QED) is 0.903. The maximum absolute atomic E-state index is 12.2. The lowest BCUT2D eigenvalue weighted by atomic mass is 10.2. The van der Waals surface area contributed by atoms with E-state index in [9.17, 15) is 18.7 Å². The number of benzene rings is 1. The number of anilines is 1. The standard InChI is InChI=1S/C13H10F2N2O3/c14-13(15)20-11-4-2-1-3-9(11)17-12(19)8-5-6-16-7-10(8)18/h1-7,13,18H,(H,17,19). The molecule has 0 fully saturated rings. The van der Waals surface area contributed by atoms with Crippen LogP contribution in [0.25, 0.3) is 0 Å². The SMILES string of the molecule is O=C(Nc1ccccc1OC(F)F)c1ccncc1O. The van der Waals surface area contributed by atoms with Crippen LogP contribution in [0, 0.1) is 0 Å². The minimum Gasteiger partial charge on any atom is -0.505 e. The molecule has 2 N–H and O–H groups in total. The zero-order valence-electron chi connectivity index (χ0n) is 10.1. The molecule has 1 heterocycles. The monoisotopic (exact) mass is 280 g/mol. The Morgan fingerprint density at radius 2 is 2.05 bits per heavy atom. The van der Waals surface area contributed by atoms with E-state index in [1.807, 2.05) is 0 Å². The van der Waals surface area contributed by atoms with Crippen molar-refractivity contribution in [1.29, 1.82) is 0 Å². The van der Waals surface area contributed by atoms with Crippen molar-refractivity contribution in [3.8, 4) is 11.5 Å². The summed E-state index contributed by atoms with van der Waals surface area (Å²) >= 11 is 0. The summed E-state index contributed by atoms with van der Waals surface area (Å²) in [7, 11) is 0. The van der Waals surface area contributed by atoms with E-state index in [-0.39, 0.29) is 22.7 Å². The zero-order valence-corrected chi connectivity index (χ0v) is 10.1. The van der Waals surface area contributed by atoms with Crippen LogP contribution in [0.1, 0.15) is 10.4 Å². The van der Waals surface area contributed by atoms with Crippen LogP contribution in [0.4, 0.5) is 14.5 Å². The molecule has 0 aliphatic rings. The van der Waals surface area contributed by atoms with Crippen molar-refractivity contribution >= 4 is 11.6 Å². The van der Waals surface area contributed by atoms with Gasteiger partial charge in [-0.05, 0) is 18.2 Å². The van der Waals surface area contributed by atoms with E-state index in [4.69, 9.17) is 0 Å². The number of nitrogens with zero attached hydrogens (tertiary/aromatic N) is 1. The Bertz CT molecular complexity index is 620. The van der Waals surface area contributed by atoms with Gasteiger partial charge in [0, 0.05) is 6.20 Å². The average Bonchev–Trinajstić information content (AvgIpc) is 2.41. The summed E-state index contributed by atoms with van der Waals surface area (Å²) < 4.78 is 28.8. The first-order chi connectivity index (χ1) is 9.58. The smallest absolute Gasteiger partial charge is 0.387 e. The van der Waals surface area contributed by atoms with E-state index in [0.717, 1.165) is 6.20 Å². The summed E-state index contributed by atoms with van der Waals surface area (Å²) in [6.45, 7) is -3.00. The first-order valence-electron chi connectivity index (χ1n) is 5.56. The minimum absolute atomic E-state index is 0.0214. The molecule has 5 nitrogen and oxygen atoms in total. The highest BCUT2D eigenvalue weighted by molar-refractivity contribution is 6.06. The minimum atomic E-state index is -3.00. The molecule has 1 aromatic heterocycles. The van der Waals surface area contributed by atoms with E-state index >= 15 is 0 Å². The van der Waals surface area contributed by atoms with E-state index in [1.54, 1.807) is 6.07 Å². The van der Waals surface area contributed by atoms with Gasteiger partial charge in [-0.2, -0.15) is 8.78 Å². The van der Waals surface area contributed by atoms with E-state index < -0.39 is 12.5 Å².